The highest BCUT2D eigenvalue weighted by atomic mass is 127. The molecule has 0 fully saturated rings. The molecule has 21 heavy (non-hydrogen) atoms. The highest BCUT2D eigenvalue weighted by Gasteiger charge is 2.19. The first-order chi connectivity index (χ1) is 9.71. The molecule has 118 valence electrons. The summed E-state index contributed by atoms with van der Waals surface area (Å²) >= 11 is 2.18. The Kier molecular flexibility index (Phi) is 7.08. The first-order valence-electron chi connectivity index (χ1n) is 6.72. The molecule has 0 saturated heterocycles. The summed E-state index contributed by atoms with van der Waals surface area (Å²) in [5.74, 6) is -0.137. The minimum absolute atomic E-state index is 0.0769. The van der Waals surface area contributed by atoms with Crippen molar-refractivity contribution >= 4 is 38.5 Å². The lowest BCUT2D eigenvalue weighted by molar-refractivity contribution is 0.0952. The zero-order valence-corrected chi connectivity index (χ0v) is 15.4. The largest absolute Gasteiger partial charge is 0.352 e. The summed E-state index contributed by atoms with van der Waals surface area (Å²) in [6, 6.07) is 7.22. The standard InChI is InChI=1S/C14H21IN2O3S/c1-11(2)17(21(3,19)20)10-4-9-16-14(18)12-5-7-13(15)8-6-12/h5-8,11H,4,9-10H2,1-3H3,(H,16,18). The van der Waals surface area contributed by atoms with Crippen molar-refractivity contribution in [2.45, 2.75) is 26.3 Å². The second-order valence-electron chi connectivity index (χ2n) is 5.08. The van der Waals surface area contributed by atoms with Crippen LogP contribution in [-0.4, -0.2) is 44.0 Å². The Morgan fingerprint density at radius 2 is 1.86 bits per heavy atom. The van der Waals surface area contributed by atoms with Crippen LogP contribution in [0.1, 0.15) is 30.6 Å². The summed E-state index contributed by atoms with van der Waals surface area (Å²) in [7, 11) is -3.20. The highest BCUT2D eigenvalue weighted by Crippen LogP contribution is 2.07. The third-order valence-electron chi connectivity index (χ3n) is 2.95. The zero-order valence-electron chi connectivity index (χ0n) is 12.5. The highest BCUT2D eigenvalue weighted by molar-refractivity contribution is 14.1. The summed E-state index contributed by atoms with van der Waals surface area (Å²) < 4.78 is 25.7. The van der Waals surface area contributed by atoms with Crippen LogP contribution in [0.2, 0.25) is 0 Å². The quantitative estimate of drug-likeness (QED) is 0.539. The molecule has 0 heterocycles. The molecule has 0 aliphatic carbocycles. The number of carbonyl (C=O) groups is 1. The summed E-state index contributed by atoms with van der Waals surface area (Å²) in [5, 5.41) is 2.80. The maximum Gasteiger partial charge on any atom is 0.251 e. The monoisotopic (exact) mass is 424 g/mol. The molecule has 1 N–H and O–H groups in total. The summed E-state index contributed by atoms with van der Waals surface area (Å²) in [4.78, 5) is 11.9. The normalized spacial score (nSPS) is 11.9. The van der Waals surface area contributed by atoms with Crippen molar-refractivity contribution in [2.24, 2.45) is 0 Å². The van der Waals surface area contributed by atoms with Crippen molar-refractivity contribution in [2.75, 3.05) is 19.3 Å². The van der Waals surface area contributed by atoms with Gasteiger partial charge in [-0.3, -0.25) is 4.79 Å². The first-order valence-corrected chi connectivity index (χ1v) is 9.65. The van der Waals surface area contributed by atoms with Gasteiger partial charge in [0, 0.05) is 28.3 Å². The van der Waals surface area contributed by atoms with E-state index in [1.54, 1.807) is 12.1 Å². The van der Waals surface area contributed by atoms with Gasteiger partial charge < -0.3 is 5.32 Å². The van der Waals surface area contributed by atoms with E-state index in [1.807, 2.05) is 26.0 Å². The summed E-state index contributed by atoms with van der Waals surface area (Å²) in [6.45, 7) is 4.53. The van der Waals surface area contributed by atoms with E-state index in [2.05, 4.69) is 27.9 Å². The van der Waals surface area contributed by atoms with Crippen molar-refractivity contribution < 1.29 is 13.2 Å². The molecule has 0 aliphatic heterocycles. The number of halogens is 1. The fourth-order valence-corrected chi connectivity index (χ4v) is 3.53. The predicted molar refractivity (Wildman–Crippen MR) is 92.8 cm³/mol. The van der Waals surface area contributed by atoms with E-state index < -0.39 is 10.0 Å². The molecule has 5 nitrogen and oxygen atoms in total. The van der Waals surface area contributed by atoms with Gasteiger partial charge in [-0.25, -0.2) is 8.42 Å². The molecular weight excluding hydrogens is 403 g/mol. The zero-order chi connectivity index (χ0) is 16.0. The van der Waals surface area contributed by atoms with E-state index in [0.717, 1.165) is 3.57 Å². The van der Waals surface area contributed by atoms with E-state index in [9.17, 15) is 13.2 Å². The fourth-order valence-electron chi connectivity index (χ4n) is 1.95. The number of nitrogens with zero attached hydrogens (tertiary/aromatic N) is 1. The van der Waals surface area contributed by atoms with Gasteiger partial charge in [-0.15, -0.1) is 0 Å². The molecule has 0 unspecified atom stereocenters. The van der Waals surface area contributed by atoms with E-state index in [-0.39, 0.29) is 11.9 Å². The van der Waals surface area contributed by atoms with Crippen LogP contribution in [0.4, 0.5) is 0 Å². The van der Waals surface area contributed by atoms with Gasteiger partial charge in [0.05, 0.1) is 6.26 Å². The number of rotatable bonds is 7. The van der Waals surface area contributed by atoms with E-state index in [4.69, 9.17) is 0 Å². The van der Waals surface area contributed by atoms with Crippen molar-refractivity contribution in [3.8, 4) is 0 Å². The van der Waals surface area contributed by atoms with Crippen LogP contribution >= 0.6 is 22.6 Å². The SMILES string of the molecule is CC(C)N(CCCNC(=O)c1ccc(I)cc1)S(C)(=O)=O. The Balaban J connectivity index is 2.43. The van der Waals surface area contributed by atoms with Gasteiger partial charge in [-0.2, -0.15) is 4.31 Å². The molecule has 0 aliphatic rings. The molecule has 1 aromatic rings. The lowest BCUT2D eigenvalue weighted by atomic mass is 10.2. The number of amides is 1. The van der Waals surface area contributed by atoms with E-state index in [1.165, 1.54) is 10.6 Å². The topological polar surface area (TPSA) is 66.5 Å². The van der Waals surface area contributed by atoms with Crippen molar-refractivity contribution in [1.29, 1.82) is 0 Å². The molecule has 0 bridgehead atoms. The molecule has 1 rings (SSSR count). The smallest absolute Gasteiger partial charge is 0.251 e. The third-order valence-corrected chi connectivity index (χ3v) is 5.12. The average Bonchev–Trinajstić information content (AvgIpc) is 2.37. The molecule has 7 heteroatoms. The van der Waals surface area contributed by atoms with Crippen LogP contribution < -0.4 is 5.32 Å². The Bertz CT molecular complexity index is 570. The van der Waals surface area contributed by atoms with Gasteiger partial charge in [0.2, 0.25) is 10.0 Å². The van der Waals surface area contributed by atoms with Crippen LogP contribution in [0.15, 0.2) is 24.3 Å². The number of carbonyl (C=O) groups excluding carboxylic acids is 1. The van der Waals surface area contributed by atoms with Crippen LogP contribution in [-0.2, 0) is 10.0 Å². The third kappa shape index (κ3) is 6.31. The Labute approximate surface area is 140 Å². The molecule has 0 aromatic heterocycles. The van der Waals surface area contributed by atoms with Crippen molar-refractivity contribution in [1.82, 2.24) is 9.62 Å². The van der Waals surface area contributed by atoms with Gasteiger partial charge in [0.1, 0.15) is 0 Å². The number of benzene rings is 1. The van der Waals surface area contributed by atoms with Crippen molar-refractivity contribution in [3.63, 3.8) is 0 Å². The number of hydrogen-bond donors (Lipinski definition) is 1. The second-order valence-corrected chi connectivity index (χ2v) is 8.26. The predicted octanol–water partition coefficient (Wildman–Crippen LogP) is 2.08. The number of sulfonamides is 1. The Morgan fingerprint density at radius 1 is 1.29 bits per heavy atom. The summed E-state index contributed by atoms with van der Waals surface area (Å²) in [6.07, 6.45) is 1.79. The van der Waals surface area contributed by atoms with Crippen LogP contribution in [0.3, 0.4) is 0 Å². The lowest BCUT2D eigenvalue weighted by Crippen LogP contribution is -2.38. The minimum atomic E-state index is -3.20. The van der Waals surface area contributed by atoms with Crippen LogP contribution in [0.5, 0.6) is 0 Å². The van der Waals surface area contributed by atoms with E-state index >= 15 is 0 Å². The second kappa shape index (κ2) is 8.09. The van der Waals surface area contributed by atoms with Gasteiger partial charge in [0.15, 0.2) is 0 Å². The average molecular weight is 424 g/mol. The Hall–Kier alpha value is -0.670. The summed E-state index contributed by atoms with van der Waals surface area (Å²) in [5.41, 5.74) is 0.610. The van der Waals surface area contributed by atoms with E-state index in [0.29, 0.717) is 25.1 Å². The molecule has 0 spiro atoms. The minimum Gasteiger partial charge on any atom is -0.352 e. The first kappa shape index (κ1) is 18.4. The molecule has 0 radical (unpaired) electrons. The number of nitrogens with one attached hydrogen (secondary N) is 1. The van der Waals surface area contributed by atoms with Crippen LogP contribution in [0.25, 0.3) is 0 Å². The van der Waals surface area contributed by atoms with Gasteiger partial charge >= 0.3 is 0 Å². The van der Waals surface area contributed by atoms with Crippen molar-refractivity contribution in [3.05, 3.63) is 33.4 Å². The fraction of sp³-hybridized carbons (Fsp3) is 0.500. The van der Waals surface area contributed by atoms with Gasteiger partial charge in [0.25, 0.3) is 5.91 Å². The molecule has 1 aromatic carbocycles. The lowest BCUT2D eigenvalue weighted by Gasteiger charge is -2.23. The van der Waals surface area contributed by atoms with Gasteiger partial charge in [-0.1, -0.05) is 0 Å². The molecular formula is C14H21IN2O3S. The molecule has 0 saturated carbocycles. The molecule has 0 atom stereocenters. The Morgan fingerprint density at radius 3 is 2.33 bits per heavy atom. The van der Waals surface area contributed by atoms with Crippen LogP contribution in [0, 0.1) is 3.57 Å². The molecule has 1 amide bonds. The number of hydrogen-bond acceptors (Lipinski definition) is 3. The maximum absolute atomic E-state index is 11.9. The maximum atomic E-state index is 11.9. The van der Waals surface area contributed by atoms with Gasteiger partial charge in [-0.05, 0) is 67.1 Å².